The lowest BCUT2D eigenvalue weighted by Crippen LogP contribution is -2.15. The first-order valence-electron chi connectivity index (χ1n) is 8.02. The van der Waals surface area contributed by atoms with E-state index in [1.54, 1.807) is 0 Å². The van der Waals surface area contributed by atoms with Crippen LogP contribution in [0.5, 0.6) is 0 Å². The molecular formula is C19H20Cl2N2O. The molecule has 0 fully saturated rings. The summed E-state index contributed by atoms with van der Waals surface area (Å²) < 4.78 is 2.19. The average Bonchev–Trinajstić information content (AvgIpc) is 2.93. The minimum absolute atomic E-state index is 0.208. The largest absolute Gasteiger partial charge is 0.396 e. The van der Waals surface area contributed by atoms with Crippen molar-refractivity contribution in [3.05, 3.63) is 69.8 Å². The Morgan fingerprint density at radius 3 is 2.50 bits per heavy atom. The normalized spacial score (nSPS) is 11.3. The predicted octanol–water partition coefficient (Wildman–Crippen LogP) is 4.47. The van der Waals surface area contributed by atoms with Crippen LogP contribution < -0.4 is 5.32 Å². The van der Waals surface area contributed by atoms with Gasteiger partial charge in [-0.15, -0.1) is 0 Å². The molecule has 2 N–H and O–H groups in total. The van der Waals surface area contributed by atoms with Gasteiger partial charge < -0.3 is 15.0 Å². The van der Waals surface area contributed by atoms with Crippen molar-refractivity contribution in [3.63, 3.8) is 0 Å². The summed E-state index contributed by atoms with van der Waals surface area (Å²) in [5.74, 6) is 0. The number of benzene rings is 2. The minimum atomic E-state index is 0.208. The second-order valence-electron chi connectivity index (χ2n) is 5.75. The third-order valence-electron chi connectivity index (χ3n) is 4.09. The van der Waals surface area contributed by atoms with E-state index in [-0.39, 0.29) is 6.61 Å². The number of aliphatic hydroxyl groups excluding tert-OH is 1. The van der Waals surface area contributed by atoms with Crippen molar-refractivity contribution >= 4 is 34.1 Å². The maximum Gasteiger partial charge on any atom is 0.0505 e. The van der Waals surface area contributed by atoms with Crippen molar-refractivity contribution in [1.82, 2.24) is 9.88 Å². The van der Waals surface area contributed by atoms with E-state index in [2.05, 4.69) is 28.2 Å². The second-order valence-corrected chi connectivity index (χ2v) is 6.57. The molecule has 5 heteroatoms. The van der Waals surface area contributed by atoms with Gasteiger partial charge in [0.2, 0.25) is 0 Å². The summed E-state index contributed by atoms with van der Waals surface area (Å²) in [7, 11) is 0. The molecule has 0 bridgehead atoms. The zero-order valence-corrected chi connectivity index (χ0v) is 14.8. The lowest BCUT2D eigenvalue weighted by Gasteiger charge is -2.09. The molecule has 0 saturated heterocycles. The Balaban J connectivity index is 1.91. The number of nitrogens with zero attached hydrogens (tertiary/aromatic N) is 1. The van der Waals surface area contributed by atoms with Gasteiger partial charge in [-0.3, -0.25) is 0 Å². The Morgan fingerprint density at radius 1 is 1.00 bits per heavy atom. The highest BCUT2D eigenvalue weighted by atomic mass is 35.5. The van der Waals surface area contributed by atoms with Gasteiger partial charge in [0, 0.05) is 45.9 Å². The smallest absolute Gasteiger partial charge is 0.0505 e. The molecule has 0 aliphatic rings. The summed E-state index contributed by atoms with van der Waals surface area (Å²) in [6, 6.07) is 13.9. The van der Waals surface area contributed by atoms with Crippen LogP contribution in [0.4, 0.5) is 0 Å². The first kappa shape index (κ1) is 17.3. The highest BCUT2D eigenvalue weighted by Gasteiger charge is 2.11. The quantitative estimate of drug-likeness (QED) is 0.608. The maximum atomic E-state index is 8.89. The van der Waals surface area contributed by atoms with Crippen LogP contribution in [0.1, 0.15) is 17.5 Å². The Hall–Kier alpha value is -1.52. The first-order valence-corrected chi connectivity index (χ1v) is 8.77. The third-order valence-corrected chi connectivity index (χ3v) is 4.80. The van der Waals surface area contributed by atoms with Gasteiger partial charge in [0.05, 0.1) is 6.54 Å². The minimum Gasteiger partial charge on any atom is -0.396 e. The fraction of sp³-hybridized carbons (Fsp3) is 0.263. The molecule has 3 rings (SSSR count). The number of nitrogens with one attached hydrogen (secondary N) is 1. The van der Waals surface area contributed by atoms with Gasteiger partial charge in [-0.1, -0.05) is 47.5 Å². The Morgan fingerprint density at radius 2 is 1.75 bits per heavy atom. The van der Waals surface area contributed by atoms with Crippen LogP contribution >= 0.6 is 23.2 Å². The Labute approximate surface area is 151 Å². The molecule has 1 aromatic heterocycles. The first-order chi connectivity index (χ1) is 11.7. The van der Waals surface area contributed by atoms with E-state index in [4.69, 9.17) is 28.3 Å². The molecule has 0 radical (unpaired) electrons. The van der Waals surface area contributed by atoms with E-state index in [1.165, 1.54) is 10.9 Å². The van der Waals surface area contributed by atoms with Gasteiger partial charge in [-0.25, -0.2) is 0 Å². The monoisotopic (exact) mass is 362 g/mol. The van der Waals surface area contributed by atoms with E-state index < -0.39 is 0 Å². The Kier molecular flexibility index (Phi) is 5.80. The molecule has 0 unspecified atom stereocenters. The number of aliphatic hydroxyl groups is 1. The molecule has 0 amide bonds. The molecule has 0 aliphatic heterocycles. The van der Waals surface area contributed by atoms with Crippen molar-refractivity contribution < 1.29 is 5.11 Å². The van der Waals surface area contributed by atoms with E-state index in [1.807, 2.05) is 30.3 Å². The second kappa shape index (κ2) is 8.04. The van der Waals surface area contributed by atoms with Gasteiger partial charge in [0.25, 0.3) is 0 Å². The number of rotatable bonds is 7. The average molecular weight is 363 g/mol. The molecule has 0 atom stereocenters. The molecule has 3 aromatic rings. The van der Waals surface area contributed by atoms with Crippen LogP contribution in [0.15, 0.2) is 48.7 Å². The highest BCUT2D eigenvalue weighted by molar-refractivity contribution is 6.36. The standard InChI is InChI=1S/C19H20Cl2N2O/c20-17-6-3-7-18(21)16(17)13-23-12-14(11-22-9-4-10-24)15-5-1-2-8-19(15)23/h1-3,5-8,12,22,24H,4,9-11,13H2. The lowest BCUT2D eigenvalue weighted by molar-refractivity contribution is 0.286. The molecular weight excluding hydrogens is 343 g/mol. The summed E-state index contributed by atoms with van der Waals surface area (Å²) in [6.07, 6.45) is 2.91. The van der Waals surface area contributed by atoms with Crippen LogP contribution in [0.25, 0.3) is 10.9 Å². The van der Waals surface area contributed by atoms with Crippen LogP contribution in [0.3, 0.4) is 0 Å². The molecule has 1 heterocycles. The van der Waals surface area contributed by atoms with Gasteiger partial charge >= 0.3 is 0 Å². The summed E-state index contributed by atoms with van der Waals surface area (Å²) in [5.41, 5.74) is 3.32. The van der Waals surface area contributed by atoms with E-state index in [0.29, 0.717) is 16.6 Å². The summed E-state index contributed by atoms with van der Waals surface area (Å²) >= 11 is 12.6. The van der Waals surface area contributed by atoms with E-state index in [0.717, 1.165) is 30.6 Å². The highest BCUT2D eigenvalue weighted by Crippen LogP contribution is 2.28. The number of halogens is 2. The molecule has 0 aliphatic carbocycles. The molecule has 0 saturated carbocycles. The van der Waals surface area contributed by atoms with Crippen molar-refractivity contribution in [2.45, 2.75) is 19.5 Å². The number of para-hydroxylation sites is 1. The van der Waals surface area contributed by atoms with Gasteiger partial charge in [0.15, 0.2) is 0 Å². The fourth-order valence-electron chi connectivity index (χ4n) is 2.88. The van der Waals surface area contributed by atoms with Crippen LogP contribution in [-0.4, -0.2) is 22.8 Å². The number of aromatic nitrogens is 1. The third kappa shape index (κ3) is 3.76. The van der Waals surface area contributed by atoms with Crippen molar-refractivity contribution in [1.29, 1.82) is 0 Å². The van der Waals surface area contributed by atoms with Crippen molar-refractivity contribution in [2.75, 3.05) is 13.2 Å². The van der Waals surface area contributed by atoms with E-state index in [9.17, 15) is 0 Å². The summed E-state index contributed by atoms with van der Waals surface area (Å²) in [4.78, 5) is 0. The van der Waals surface area contributed by atoms with Crippen molar-refractivity contribution in [3.8, 4) is 0 Å². The molecule has 126 valence electrons. The van der Waals surface area contributed by atoms with Gasteiger partial charge in [-0.05, 0) is 36.7 Å². The number of hydrogen-bond acceptors (Lipinski definition) is 2. The summed E-state index contributed by atoms with van der Waals surface area (Å²) in [6.45, 7) is 2.41. The lowest BCUT2D eigenvalue weighted by atomic mass is 10.2. The summed E-state index contributed by atoms with van der Waals surface area (Å²) in [5, 5.41) is 14.8. The maximum absolute atomic E-state index is 8.89. The number of hydrogen-bond donors (Lipinski definition) is 2. The molecule has 24 heavy (non-hydrogen) atoms. The van der Waals surface area contributed by atoms with Crippen LogP contribution in [-0.2, 0) is 13.1 Å². The number of fused-ring (bicyclic) bond motifs is 1. The predicted molar refractivity (Wildman–Crippen MR) is 101 cm³/mol. The SMILES string of the molecule is OCCCNCc1cn(Cc2c(Cl)cccc2Cl)c2ccccc12. The van der Waals surface area contributed by atoms with Crippen LogP contribution in [0.2, 0.25) is 10.0 Å². The van der Waals surface area contributed by atoms with Crippen LogP contribution in [0, 0.1) is 0 Å². The van der Waals surface area contributed by atoms with Gasteiger partial charge in [0.1, 0.15) is 0 Å². The topological polar surface area (TPSA) is 37.2 Å². The molecule has 3 nitrogen and oxygen atoms in total. The zero-order valence-electron chi connectivity index (χ0n) is 13.3. The zero-order chi connectivity index (χ0) is 16.9. The Bertz CT molecular complexity index is 809. The molecule has 2 aromatic carbocycles. The van der Waals surface area contributed by atoms with Crippen molar-refractivity contribution in [2.24, 2.45) is 0 Å². The fourth-order valence-corrected chi connectivity index (χ4v) is 3.39. The van der Waals surface area contributed by atoms with Gasteiger partial charge in [-0.2, -0.15) is 0 Å². The molecule has 0 spiro atoms. The van der Waals surface area contributed by atoms with E-state index >= 15 is 0 Å².